The highest BCUT2D eigenvalue weighted by molar-refractivity contribution is 6.10. The second-order valence-corrected chi connectivity index (χ2v) is 15.1. The van der Waals surface area contributed by atoms with Crippen LogP contribution in [0.4, 0.5) is 16.3 Å². The van der Waals surface area contributed by atoms with Gasteiger partial charge in [-0.25, -0.2) is 19.6 Å². The first kappa shape index (κ1) is 44.8. The van der Waals surface area contributed by atoms with Crippen LogP contribution in [0, 0.1) is 0 Å². The van der Waals surface area contributed by atoms with Gasteiger partial charge in [0.25, 0.3) is 0 Å². The highest BCUT2D eigenvalue weighted by Gasteiger charge is 2.45. The topological polar surface area (TPSA) is 253 Å². The van der Waals surface area contributed by atoms with Crippen LogP contribution in [-0.4, -0.2) is 123 Å². The lowest BCUT2D eigenvalue weighted by molar-refractivity contribution is -0.277. The van der Waals surface area contributed by atoms with Crippen molar-refractivity contribution in [2.75, 3.05) is 45.0 Å². The Morgan fingerprint density at radius 3 is 2.36 bits per heavy atom. The van der Waals surface area contributed by atoms with Crippen LogP contribution in [0.2, 0.25) is 0 Å². The average molecular weight is 844 g/mol. The number of carbonyl (C=O) groups excluding carboxylic acids is 3. The third-order valence-corrected chi connectivity index (χ3v) is 10.2. The Balaban J connectivity index is 1.30. The number of methoxy groups -OCH3 is 1. The van der Waals surface area contributed by atoms with Gasteiger partial charge >= 0.3 is 12.1 Å². The quantitative estimate of drug-likeness (QED) is 0.0665. The van der Waals surface area contributed by atoms with Gasteiger partial charge in [0.15, 0.2) is 5.82 Å². The number of fused-ring (bicyclic) bond motifs is 3. The Labute approximate surface area is 352 Å². The number of unbranched alkanes of at least 4 members (excludes halogenated alkanes) is 1. The van der Waals surface area contributed by atoms with Gasteiger partial charge in [0.2, 0.25) is 12.2 Å². The maximum atomic E-state index is 13.6. The summed E-state index contributed by atoms with van der Waals surface area (Å²) in [6, 6.07) is 17.9. The van der Waals surface area contributed by atoms with Gasteiger partial charge in [-0.1, -0.05) is 43.7 Å². The largest absolute Gasteiger partial charge is 0.465 e. The Morgan fingerprint density at radius 1 is 0.934 bits per heavy atom. The van der Waals surface area contributed by atoms with Gasteiger partial charge in [-0.15, -0.1) is 0 Å². The van der Waals surface area contributed by atoms with Crippen molar-refractivity contribution in [3.63, 3.8) is 0 Å². The van der Waals surface area contributed by atoms with E-state index < -0.39 is 55.3 Å². The van der Waals surface area contributed by atoms with Gasteiger partial charge in [-0.2, -0.15) is 0 Å². The number of aliphatic hydroxyl groups excluding tert-OH is 4. The molecular formula is C43H53N7O11. The number of hydrogen-bond donors (Lipinski definition) is 7. The van der Waals surface area contributed by atoms with Gasteiger partial charge in [0.1, 0.15) is 48.1 Å². The molecule has 1 aliphatic heterocycles. The van der Waals surface area contributed by atoms with Crippen molar-refractivity contribution in [3.05, 3.63) is 88.7 Å². The summed E-state index contributed by atoms with van der Waals surface area (Å²) in [7, 11) is 5.33. The van der Waals surface area contributed by atoms with Gasteiger partial charge in [0.05, 0.1) is 36.0 Å². The third-order valence-electron chi connectivity index (χ3n) is 10.2. The van der Waals surface area contributed by atoms with Crippen LogP contribution >= 0.6 is 0 Å². The zero-order valence-corrected chi connectivity index (χ0v) is 34.5. The Bertz CT molecular complexity index is 2330. The number of aromatic nitrogens is 3. The van der Waals surface area contributed by atoms with Crippen molar-refractivity contribution in [3.8, 4) is 5.75 Å². The molecule has 326 valence electrons. The molecule has 2 amide bonds. The summed E-state index contributed by atoms with van der Waals surface area (Å²) in [4.78, 5) is 50.7. The standard InChI is InChI=1S/C43H53N7O11/c1-5-6-7-33-47-35-36(50(33)21-25-10-8-24(9-11-25)20-49(2)3)28-14-13-27(41(56)58-4)19-29(28)46-40(35)48-43(57)59-23-26-12-15-31(30(18-26)45-34(52)16-17-44)60-42-39(55)38(54)37(53)32(22-51)61-42/h8-15,18-19,32,37-39,42,51,53-55H,5-7,16-17,20-23,44H2,1-4H3,(H,45,52)(H,46,48,57)/t32-,37-,38+,39+,42+/m1/s1. The number of aryl methyl sites for hydroxylation is 1. The molecule has 8 N–H and O–H groups in total. The molecule has 0 aliphatic carbocycles. The number of carbonyl (C=O) groups is 3. The molecule has 0 unspecified atom stereocenters. The minimum absolute atomic E-state index is 0.0101. The van der Waals surface area contributed by atoms with Gasteiger partial charge in [-0.3, -0.25) is 10.1 Å². The fourth-order valence-electron chi connectivity index (χ4n) is 7.04. The van der Waals surface area contributed by atoms with Gasteiger partial charge in [0, 0.05) is 37.9 Å². The van der Waals surface area contributed by atoms with Crippen molar-refractivity contribution in [2.45, 2.75) is 83.0 Å². The lowest BCUT2D eigenvalue weighted by Gasteiger charge is -2.39. The highest BCUT2D eigenvalue weighted by Crippen LogP contribution is 2.34. The van der Waals surface area contributed by atoms with Crippen LogP contribution in [0.5, 0.6) is 5.75 Å². The molecule has 0 bridgehead atoms. The van der Waals surface area contributed by atoms with Crippen molar-refractivity contribution in [1.29, 1.82) is 0 Å². The maximum Gasteiger partial charge on any atom is 0.413 e. The summed E-state index contributed by atoms with van der Waals surface area (Å²) >= 11 is 0. The Morgan fingerprint density at radius 2 is 1.67 bits per heavy atom. The van der Waals surface area contributed by atoms with E-state index in [1.807, 2.05) is 14.1 Å². The molecule has 5 atom stereocenters. The number of nitrogens with zero attached hydrogens (tertiary/aromatic N) is 4. The molecule has 3 aromatic carbocycles. The Hall–Kier alpha value is -5.73. The number of hydrogen-bond acceptors (Lipinski definition) is 15. The van der Waals surface area contributed by atoms with Crippen LogP contribution in [0.25, 0.3) is 21.9 Å². The molecule has 0 spiro atoms. The van der Waals surface area contributed by atoms with Crippen LogP contribution < -0.4 is 21.1 Å². The van der Waals surface area contributed by atoms with Crippen molar-refractivity contribution in [2.24, 2.45) is 5.73 Å². The number of pyridine rings is 1. The molecule has 2 aromatic heterocycles. The molecule has 0 saturated carbocycles. The third kappa shape index (κ3) is 10.6. The first-order valence-electron chi connectivity index (χ1n) is 20.0. The summed E-state index contributed by atoms with van der Waals surface area (Å²) in [6.45, 7) is 2.50. The summed E-state index contributed by atoms with van der Waals surface area (Å²) < 4.78 is 24.0. The smallest absolute Gasteiger partial charge is 0.413 e. The lowest BCUT2D eigenvalue weighted by atomic mass is 9.99. The number of imidazole rings is 1. The number of benzene rings is 3. The van der Waals surface area contributed by atoms with E-state index in [1.54, 1.807) is 24.3 Å². The van der Waals surface area contributed by atoms with Gasteiger partial charge < -0.3 is 59.9 Å². The number of rotatable bonds is 17. The molecule has 0 radical (unpaired) electrons. The first-order chi connectivity index (χ1) is 29.3. The van der Waals surface area contributed by atoms with E-state index in [1.165, 1.54) is 24.8 Å². The normalized spacial score (nSPS) is 19.0. The number of anilines is 2. The van der Waals surface area contributed by atoms with Crippen LogP contribution in [0.3, 0.4) is 0 Å². The minimum atomic E-state index is -1.70. The fraction of sp³-hybridized carbons (Fsp3) is 0.419. The van der Waals surface area contributed by atoms with E-state index in [0.717, 1.165) is 36.2 Å². The van der Waals surface area contributed by atoms with Crippen molar-refractivity contribution < 1.29 is 53.8 Å². The second-order valence-electron chi connectivity index (χ2n) is 15.1. The van der Waals surface area contributed by atoms with Crippen LogP contribution in [-0.2, 0) is 45.1 Å². The molecular weight excluding hydrogens is 791 g/mol. The molecule has 18 nitrogen and oxygen atoms in total. The van der Waals surface area contributed by atoms with Gasteiger partial charge in [-0.05, 0) is 67.5 Å². The number of amides is 2. The summed E-state index contributed by atoms with van der Waals surface area (Å²) in [5.74, 6) is -0.0813. The predicted molar refractivity (Wildman–Crippen MR) is 225 cm³/mol. The fourth-order valence-corrected chi connectivity index (χ4v) is 7.04. The van der Waals surface area contributed by atoms with E-state index in [4.69, 9.17) is 34.6 Å². The monoisotopic (exact) mass is 843 g/mol. The zero-order valence-electron chi connectivity index (χ0n) is 34.5. The van der Waals surface area contributed by atoms with Crippen LogP contribution in [0.1, 0.15) is 59.1 Å². The first-order valence-corrected chi connectivity index (χ1v) is 20.0. The van der Waals surface area contributed by atoms with E-state index in [9.17, 15) is 34.8 Å². The van der Waals surface area contributed by atoms with E-state index in [-0.39, 0.29) is 42.4 Å². The summed E-state index contributed by atoms with van der Waals surface area (Å²) in [6.07, 6.45) is -6.17. The second kappa shape index (κ2) is 20.2. The number of ether oxygens (including phenoxy) is 4. The molecule has 5 aromatic rings. The minimum Gasteiger partial charge on any atom is -0.465 e. The van der Waals surface area contributed by atoms with Crippen LogP contribution in [0.15, 0.2) is 60.7 Å². The molecule has 6 rings (SSSR count). The zero-order chi connectivity index (χ0) is 43.8. The SMILES string of the molecule is CCCCc1nc2c(NC(=O)OCc3ccc(O[C@H]4O[C@H](CO)[C@@H](O)[C@H](O)[C@@H]4O)c(NC(=O)CCN)c3)nc3cc(C(=O)OC)ccc3c2n1Cc1ccc(CN(C)C)cc1. The Kier molecular flexibility index (Phi) is 14.9. The molecule has 1 saturated heterocycles. The van der Waals surface area contributed by atoms with Crippen molar-refractivity contribution >= 4 is 51.4 Å². The molecule has 61 heavy (non-hydrogen) atoms. The molecule has 18 heteroatoms. The van der Waals surface area contributed by atoms with E-state index in [2.05, 4.69) is 51.3 Å². The maximum absolute atomic E-state index is 13.6. The highest BCUT2D eigenvalue weighted by atomic mass is 16.7. The molecule has 1 fully saturated rings. The summed E-state index contributed by atoms with van der Waals surface area (Å²) in [5, 5.41) is 46.7. The number of esters is 1. The van der Waals surface area contributed by atoms with E-state index >= 15 is 0 Å². The predicted octanol–water partition coefficient (Wildman–Crippen LogP) is 3.04. The molecule has 3 heterocycles. The lowest BCUT2D eigenvalue weighted by Crippen LogP contribution is -2.60. The molecule has 1 aliphatic rings. The average Bonchev–Trinajstić information content (AvgIpc) is 3.61. The number of nitrogens with two attached hydrogens (primary N) is 1. The van der Waals surface area contributed by atoms with E-state index in [0.29, 0.717) is 35.1 Å². The van der Waals surface area contributed by atoms with Crippen molar-refractivity contribution in [1.82, 2.24) is 19.4 Å². The number of nitrogens with one attached hydrogen (secondary N) is 2. The number of aliphatic hydroxyl groups is 4. The summed E-state index contributed by atoms with van der Waals surface area (Å²) in [5.41, 5.74) is 10.2.